The van der Waals surface area contributed by atoms with E-state index >= 15 is 0 Å². The van der Waals surface area contributed by atoms with Crippen molar-refractivity contribution in [2.45, 2.75) is 13.0 Å². The zero-order valence-corrected chi connectivity index (χ0v) is 9.95. The Hall–Kier alpha value is -1.26. The van der Waals surface area contributed by atoms with Crippen LogP contribution in [0.1, 0.15) is 11.1 Å². The third-order valence-electron chi connectivity index (χ3n) is 2.34. The average molecular weight is 226 g/mol. The average Bonchev–Trinajstić information content (AvgIpc) is 2.29. The van der Waals surface area contributed by atoms with Gasteiger partial charge in [0.2, 0.25) is 0 Å². The van der Waals surface area contributed by atoms with E-state index in [0.29, 0.717) is 13.0 Å². The van der Waals surface area contributed by atoms with Crippen molar-refractivity contribution in [2.24, 2.45) is 0 Å². The van der Waals surface area contributed by atoms with E-state index in [-0.39, 0.29) is 6.61 Å². The number of hydrogen-bond donors (Lipinski definition) is 1. The lowest BCUT2D eigenvalue weighted by atomic mass is 10.1. The Morgan fingerprint density at radius 1 is 1.06 bits per heavy atom. The van der Waals surface area contributed by atoms with Crippen LogP contribution in [0, 0.1) is 0 Å². The molecule has 0 unspecified atom stereocenters. The summed E-state index contributed by atoms with van der Waals surface area (Å²) < 4.78 is 15.6. The fourth-order valence-corrected chi connectivity index (χ4v) is 1.67. The van der Waals surface area contributed by atoms with Crippen LogP contribution in [0.15, 0.2) is 12.1 Å². The zero-order valence-electron chi connectivity index (χ0n) is 9.95. The number of benzene rings is 1. The Labute approximate surface area is 95.8 Å². The first-order valence-electron chi connectivity index (χ1n) is 5.10. The Morgan fingerprint density at radius 3 is 2.25 bits per heavy atom. The molecule has 1 N–H and O–H groups in total. The molecule has 0 atom stereocenters. The molecule has 16 heavy (non-hydrogen) atoms. The van der Waals surface area contributed by atoms with Gasteiger partial charge in [-0.25, -0.2) is 0 Å². The van der Waals surface area contributed by atoms with Crippen molar-refractivity contribution in [1.82, 2.24) is 0 Å². The van der Waals surface area contributed by atoms with Crippen molar-refractivity contribution < 1.29 is 19.3 Å². The van der Waals surface area contributed by atoms with Gasteiger partial charge < -0.3 is 19.3 Å². The van der Waals surface area contributed by atoms with Crippen LogP contribution in [0.25, 0.3) is 0 Å². The topological polar surface area (TPSA) is 47.9 Å². The molecule has 4 heteroatoms. The van der Waals surface area contributed by atoms with E-state index in [1.165, 1.54) is 0 Å². The SMILES string of the molecule is COCc1cc(OC)cc(CCO)c1OC. The van der Waals surface area contributed by atoms with Gasteiger partial charge in [-0.1, -0.05) is 0 Å². The molecule has 0 aromatic heterocycles. The van der Waals surface area contributed by atoms with E-state index in [2.05, 4.69) is 0 Å². The molecule has 0 aliphatic heterocycles. The Kier molecular flexibility index (Phi) is 5.08. The van der Waals surface area contributed by atoms with E-state index in [9.17, 15) is 0 Å². The van der Waals surface area contributed by atoms with E-state index < -0.39 is 0 Å². The molecule has 0 aliphatic carbocycles. The molecule has 0 amide bonds. The van der Waals surface area contributed by atoms with Crippen LogP contribution in [-0.2, 0) is 17.8 Å². The summed E-state index contributed by atoms with van der Waals surface area (Å²) in [6.45, 7) is 0.536. The minimum atomic E-state index is 0.0793. The molecule has 90 valence electrons. The summed E-state index contributed by atoms with van der Waals surface area (Å²) in [5.41, 5.74) is 1.85. The quantitative estimate of drug-likeness (QED) is 0.796. The Bertz CT molecular complexity index is 309. The number of ether oxygens (including phenoxy) is 3. The van der Waals surface area contributed by atoms with Gasteiger partial charge in [0.25, 0.3) is 0 Å². The molecule has 0 fully saturated rings. The second-order valence-electron chi connectivity index (χ2n) is 3.39. The third kappa shape index (κ3) is 2.87. The Balaban J connectivity index is 3.16. The molecule has 0 aliphatic rings. The van der Waals surface area contributed by atoms with Gasteiger partial charge in [-0.2, -0.15) is 0 Å². The van der Waals surface area contributed by atoms with Crippen molar-refractivity contribution in [3.05, 3.63) is 23.3 Å². The molecule has 4 nitrogen and oxygen atoms in total. The number of aliphatic hydroxyl groups excluding tert-OH is 1. The highest BCUT2D eigenvalue weighted by Gasteiger charge is 2.11. The first-order chi connectivity index (χ1) is 7.76. The normalized spacial score (nSPS) is 10.2. The molecule has 0 heterocycles. The standard InChI is InChI=1S/C12H18O4/c1-14-8-10-7-11(15-2)6-9(4-5-13)12(10)16-3/h6-7,13H,4-5,8H2,1-3H3. The van der Waals surface area contributed by atoms with Gasteiger partial charge in [0, 0.05) is 24.8 Å². The second-order valence-corrected chi connectivity index (χ2v) is 3.39. The predicted molar refractivity (Wildman–Crippen MR) is 61.0 cm³/mol. The van der Waals surface area contributed by atoms with Crippen LogP contribution in [-0.4, -0.2) is 33.0 Å². The maximum Gasteiger partial charge on any atom is 0.127 e. The molecular formula is C12H18O4. The van der Waals surface area contributed by atoms with E-state index in [0.717, 1.165) is 22.6 Å². The Morgan fingerprint density at radius 2 is 1.75 bits per heavy atom. The van der Waals surface area contributed by atoms with Gasteiger partial charge in [0.15, 0.2) is 0 Å². The largest absolute Gasteiger partial charge is 0.497 e. The maximum absolute atomic E-state index is 9.00. The third-order valence-corrected chi connectivity index (χ3v) is 2.34. The summed E-state index contributed by atoms with van der Waals surface area (Å²) in [6.07, 6.45) is 0.539. The molecule has 1 aromatic rings. The lowest BCUT2D eigenvalue weighted by molar-refractivity contribution is 0.181. The van der Waals surface area contributed by atoms with Crippen LogP contribution < -0.4 is 9.47 Å². The highest BCUT2D eigenvalue weighted by atomic mass is 16.5. The van der Waals surface area contributed by atoms with Crippen molar-refractivity contribution in [3.8, 4) is 11.5 Å². The molecular weight excluding hydrogens is 208 g/mol. The predicted octanol–water partition coefficient (Wildman–Crippen LogP) is 1.39. The second kappa shape index (κ2) is 6.35. The monoisotopic (exact) mass is 226 g/mol. The van der Waals surface area contributed by atoms with Crippen LogP contribution >= 0.6 is 0 Å². The van der Waals surface area contributed by atoms with Crippen molar-refractivity contribution in [3.63, 3.8) is 0 Å². The van der Waals surface area contributed by atoms with Gasteiger partial charge >= 0.3 is 0 Å². The van der Waals surface area contributed by atoms with Gasteiger partial charge in [-0.3, -0.25) is 0 Å². The summed E-state index contributed by atoms with van der Waals surface area (Å²) in [4.78, 5) is 0. The van der Waals surface area contributed by atoms with E-state index in [1.807, 2.05) is 12.1 Å². The number of rotatable bonds is 6. The smallest absolute Gasteiger partial charge is 0.127 e. The fourth-order valence-electron chi connectivity index (χ4n) is 1.67. The van der Waals surface area contributed by atoms with Crippen molar-refractivity contribution in [1.29, 1.82) is 0 Å². The molecule has 1 aromatic carbocycles. The van der Waals surface area contributed by atoms with Crippen LogP contribution in [0.3, 0.4) is 0 Å². The minimum Gasteiger partial charge on any atom is -0.497 e. The maximum atomic E-state index is 9.00. The van der Waals surface area contributed by atoms with Crippen molar-refractivity contribution >= 4 is 0 Å². The highest BCUT2D eigenvalue weighted by Crippen LogP contribution is 2.30. The molecule has 0 saturated heterocycles. The summed E-state index contributed by atoms with van der Waals surface area (Å²) in [6, 6.07) is 3.75. The first kappa shape index (κ1) is 12.8. The summed E-state index contributed by atoms with van der Waals surface area (Å²) in [5.74, 6) is 1.51. The number of hydrogen-bond acceptors (Lipinski definition) is 4. The zero-order chi connectivity index (χ0) is 12.0. The first-order valence-corrected chi connectivity index (χ1v) is 5.10. The minimum absolute atomic E-state index is 0.0793. The van der Waals surface area contributed by atoms with Gasteiger partial charge in [0.05, 0.1) is 20.8 Å². The molecule has 0 bridgehead atoms. The summed E-state index contributed by atoms with van der Waals surface area (Å²) in [7, 11) is 4.85. The molecule has 0 spiro atoms. The lowest BCUT2D eigenvalue weighted by Gasteiger charge is -2.14. The van der Waals surface area contributed by atoms with Gasteiger partial charge in [0.1, 0.15) is 11.5 Å². The van der Waals surface area contributed by atoms with Gasteiger partial charge in [-0.05, 0) is 18.6 Å². The summed E-state index contributed by atoms with van der Waals surface area (Å²) in [5, 5.41) is 9.00. The van der Waals surface area contributed by atoms with Crippen LogP contribution in [0.2, 0.25) is 0 Å². The number of methoxy groups -OCH3 is 3. The summed E-state index contributed by atoms with van der Waals surface area (Å²) >= 11 is 0. The lowest BCUT2D eigenvalue weighted by Crippen LogP contribution is -2.02. The number of aliphatic hydroxyl groups is 1. The fraction of sp³-hybridized carbons (Fsp3) is 0.500. The molecule has 0 radical (unpaired) electrons. The molecule has 0 saturated carbocycles. The van der Waals surface area contributed by atoms with Gasteiger partial charge in [-0.15, -0.1) is 0 Å². The van der Waals surface area contributed by atoms with E-state index in [4.69, 9.17) is 19.3 Å². The van der Waals surface area contributed by atoms with Crippen molar-refractivity contribution in [2.75, 3.05) is 27.9 Å². The van der Waals surface area contributed by atoms with E-state index in [1.54, 1.807) is 21.3 Å². The van der Waals surface area contributed by atoms with Crippen LogP contribution in [0.5, 0.6) is 11.5 Å². The molecule has 1 rings (SSSR count). The highest BCUT2D eigenvalue weighted by molar-refractivity contribution is 5.47. The van der Waals surface area contributed by atoms with Crippen LogP contribution in [0.4, 0.5) is 0 Å².